The minimum absolute atomic E-state index is 0.0631. The first kappa shape index (κ1) is 18.0. The van der Waals surface area contributed by atoms with Crippen LogP contribution in [0.5, 0.6) is 5.75 Å². The number of hydrogen-bond acceptors (Lipinski definition) is 4. The molecule has 1 atom stereocenters. The monoisotopic (exact) mass is 340 g/mol. The standard InChI is InChI=1S/C17H25ClN2O3/c1-3-13(12-21)19-7-9-20(10-8-19)17(22)11-14-15(18)5-4-6-16(14)23-2/h4-6,13,21H,3,7-12H2,1-2H3/t13-/m1/s1. The van der Waals surface area contributed by atoms with Gasteiger partial charge in [0.15, 0.2) is 0 Å². The van der Waals surface area contributed by atoms with Crippen molar-refractivity contribution in [2.24, 2.45) is 0 Å². The third-order valence-corrected chi connectivity index (χ3v) is 4.84. The maximum Gasteiger partial charge on any atom is 0.227 e. The molecule has 0 bridgehead atoms. The highest BCUT2D eigenvalue weighted by atomic mass is 35.5. The van der Waals surface area contributed by atoms with Crippen molar-refractivity contribution >= 4 is 17.5 Å². The first-order valence-corrected chi connectivity index (χ1v) is 8.42. The molecule has 1 fully saturated rings. The van der Waals surface area contributed by atoms with E-state index in [-0.39, 0.29) is 25.0 Å². The quantitative estimate of drug-likeness (QED) is 0.858. The predicted octanol–water partition coefficient (Wildman–Crippen LogP) is 1.81. The maximum atomic E-state index is 12.5. The second-order valence-corrected chi connectivity index (χ2v) is 6.17. The number of nitrogens with zero attached hydrogens (tertiary/aromatic N) is 2. The normalized spacial score (nSPS) is 17.1. The largest absolute Gasteiger partial charge is 0.496 e. The van der Waals surface area contributed by atoms with Crippen molar-refractivity contribution in [3.05, 3.63) is 28.8 Å². The van der Waals surface area contributed by atoms with Crippen LogP contribution >= 0.6 is 11.6 Å². The molecule has 0 saturated carbocycles. The van der Waals surface area contributed by atoms with E-state index in [1.165, 1.54) is 0 Å². The summed E-state index contributed by atoms with van der Waals surface area (Å²) in [5.41, 5.74) is 0.742. The molecule has 1 N–H and O–H groups in total. The van der Waals surface area contributed by atoms with E-state index < -0.39 is 0 Å². The van der Waals surface area contributed by atoms with E-state index in [0.29, 0.717) is 23.9 Å². The Hall–Kier alpha value is -1.30. The van der Waals surface area contributed by atoms with Crippen LogP contribution in [0.1, 0.15) is 18.9 Å². The number of carbonyl (C=O) groups is 1. The van der Waals surface area contributed by atoms with Gasteiger partial charge in [-0.05, 0) is 18.6 Å². The minimum atomic E-state index is 0.0631. The molecule has 1 heterocycles. The summed E-state index contributed by atoms with van der Waals surface area (Å²) in [6.07, 6.45) is 1.17. The lowest BCUT2D eigenvalue weighted by molar-refractivity contribution is -0.132. The molecule has 1 aliphatic rings. The number of aliphatic hydroxyl groups excluding tert-OH is 1. The summed E-state index contributed by atoms with van der Waals surface area (Å²) in [4.78, 5) is 16.7. The van der Waals surface area contributed by atoms with Crippen LogP contribution < -0.4 is 4.74 Å². The fourth-order valence-corrected chi connectivity index (χ4v) is 3.24. The predicted molar refractivity (Wildman–Crippen MR) is 91.0 cm³/mol. The van der Waals surface area contributed by atoms with Gasteiger partial charge in [-0.2, -0.15) is 0 Å². The Morgan fingerprint density at radius 3 is 2.61 bits per heavy atom. The van der Waals surface area contributed by atoms with Crippen molar-refractivity contribution in [3.8, 4) is 5.75 Å². The van der Waals surface area contributed by atoms with E-state index in [1.54, 1.807) is 13.2 Å². The van der Waals surface area contributed by atoms with Gasteiger partial charge in [0.25, 0.3) is 0 Å². The summed E-state index contributed by atoms with van der Waals surface area (Å²) < 4.78 is 5.30. The van der Waals surface area contributed by atoms with Gasteiger partial charge in [-0.1, -0.05) is 24.6 Å². The molecule has 1 aliphatic heterocycles. The molecular weight excluding hydrogens is 316 g/mol. The van der Waals surface area contributed by atoms with E-state index in [0.717, 1.165) is 25.1 Å². The zero-order valence-corrected chi connectivity index (χ0v) is 14.6. The lowest BCUT2D eigenvalue weighted by Crippen LogP contribution is -2.53. The topological polar surface area (TPSA) is 53.0 Å². The summed E-state index contributed by atoms with van der Waals surface area (Å²) in [5.74, 6) is 0.712. The number of amides is 1. The highest BCUT2D eigenvalue weighted by Gasteiger charge is 2.25. The molecule has 6 heteroatoms. The van der Waals surface area contributed by atoms with Crippen LogP contribution in [0.25, 0.3) is 0 Å². The molecule has 2 rings (SSSR count). The summed E-state index contributed by atoms with van der Waals surface area (Å²) >= 11 is 6.21. The van der Waals surface area contributed by atoms with Crippen molar-refractivity contribution in [2.45, 2.75) is 25.8 Å². The van der Waals surface area contributed by atoms with Crippen LogP contribution in [-0.4, -0.2) is 66.8 Å². The number of carbonyl (C=O) groups excluding carboxylic acids is 1. The summed E-state index contributed by atoms with van der Waals surface area (Å²) in [5, 5.41) is 9.94. The Balaban J connectivity index is 1.96. The van der Waals surface area contributed by atoms with E-state index >= 15 is 0 Å². The first-order chi connectivity index (χ1) is 11.1. The molecule has 23 heavy (non-hydrogen) atoms. The number of halogens is 1. The number of benzene rings is 1. The SMILES string of the molecule is CC[C@H](CO)N1CCN(C(=O)Cc2c(Cl)cccc2OC)CC1. The number of ether oxygens (including phenoxy) is 1. The van der Waals surface area contributed by atoms with Crippen LogP contribution in [0, 0.1) is 0 Å². The van der Waals surface area contributed by atoms with E-state index in [2.05, 4.69) is 11.8 Å². The Labute approximate surface area is 142 Å². The average Bonchev–Trinajstić information content (AvgIpc) is 2.58. The molecule has 1 aromatic carbocycles. The number of piperazine rings is 1. The van der Waals surface area contributed by atoms with Gasteiger partial charge in [0.05, 0.1) is 20.1 Å². The fourth-order valence-electron chi connectivity index (χ4n) is 3.00. The van der Waals surface area contributed by atoms with E-state index in [1.807, 2.05) is 17.0 Å². The number of methoxy groups -OCH3 is 1. The molecule has 128 valence electrons. The lowest BCUT2D eigenvalue weighted by Gasteiger charge is -2.38. The molecule has 1 amide bonds. The smallest absolute Gasteiger partial charge is 0.227 e. The second kappa shape index (κ2) is 8.52. The van der Waals surface area contributed by atoms with Gasteiger partial charge < -0.3 is 14.7 Å². The van der Waals surface area contributed by atoms with Gasteiger partial charge in [-0.3, -0.25) is 9.69 Å². The van der Waals surface area contributed by atoms with Crippen LogP contribution in [0.4, 0.5) is 0 Å². The average molecular weight is 341 g/mol. The Morgan fingerprint density at radius 2 is 2.04 bits per heavy atom. The van der Waals surface area contributed by atoms with Gasteiger partial charge in [0, 0.05) is 42.8 Å². The Kier molecular flexibility index (Phi) is 6.69. The van der Waals surface area contributed by atoms with Gasteiger partial charge in [-0.15, -0.1) is 0 Å². The molecule has 1 aromatic rings. The number of aliphatic hydroxyl groups is 1. The van der Waals surface area contributed by atoms with Crippen LogP contribution in [0.3, 0.4) is 0 Å². The van der Waals surface area contributed by atoms with Crippen LogP contribution in [0.15, 0.2) is 18.2 Å². The zero-order chi connectivity index (χ0) is 16.8. The second-order valence-electron chi connectivity index (χ2n) is 5.76. The number of rotatable bonds is 6. The minimum Gasteiger partial charge on any atom is -0.496 e. The maximum absolute atomic E-state index is 12.5. The molecule has 0 radical (unpaired) electrons. The van der Waals surface area contributed by atoms with Gasteiger partial charge in [-0.25, -0.2) is 0 Å². The van der Waals surface area contributed by atoms with Gasteiger partial charge in [0.2, 0.25) is 5.91 Å². The molecule has 0 aliphatic carbocycles. The number of hydrogen-bond donors (Lipinski definition) is 1. The van der Waals surface area contributed by atoms with E-state index in [9.17, 15) is 9.90 Å². The van der Waals surface area contributed by atoms with Crippen molar-refractivity contribution < 1.29 is 14.6 Å². The summed E-state index contributed by atoms with van der Waals surface area (Å²) in [7, 11) is 1.58. The van der Waals surface area contributed by atoms with Gasteiger partial charge >= 0.3 is 0 Å². The molecule has 0 aromatic heterocycles. The van der Waals surface area contributed by atoms with Crippen molar-refractivity contribution in [3.63, 3.8) is 0 Å². The fraction of sp³-hybridized carbons (Fsp3) is 0.588. The summed E-state index contributed by atoms with van der Waals surface area (Å²) in [6.45, 7) is 5.20. The molecular formula is C17H25ClN2O3. The van der Waals surface area contributed by atoms with Crippen molar-refractivity contribution in [1.29, 1.82) is 0 Å². The van der Waals surface area contributed by atoms with Crippen molar-refractivity contribution in [1.82, 2.24) is 9.80 Å². The van der Waals surface area contributed by atoms with Gasteiger partial charge in [0.1, 0.15) is 5.75 Å². The third-order valence-electron chi connectivity index (χ3n) is 4.49. The lowest BCUT2D eigenvalue weighted by atomic mass is 10.1. The zero-order valence-electron chi connectivity index (χ0n) is 13.8. The Bertz CT molecular complexity index is 527. The molecule has 0 spiro atoms. The summed E-state index contributed by atoms with van der Waals surface area (Å²) in [6, 6.07) is 5.60. The highest BCUT2D eigenvalue weighted by Crippen LogP contribution is 2.27. The molecule has 1 saturated heterocycles. The molecule has 5 nitrogen and oxygen atoms in total. The Morgan fingerprint density at radius 1 is 1.35 bits per heavy atom. The molecule has 0 unspecified atom stereocenters. The van der Waals surface area contributed by atoms with Crippen LogP contribution in [0.2, 0.25) is 5.02 Å². The van der Waals surface area contributed by atoms with Crippen molar-refractivity contribution in [2.75, 3.05) is 39.9 Å². The van der Waals surface area contributed by atoms with E-state index in [4.69, 9.17) is 16.3 Å². The first-order valence-electron chi connectivity index (χ1n) is 8.04. The highest BCUT2D eigenvalue weighted by molar-refractivity contribution is 6.31. The van der Waals surface area contributed by atoms with Crippen LogP contribution in [-0.2, 0) is 11.2 Å². The third kappa shape index (κ3) is 4.37.